The van der Waals surface area contributed by atoms with Gasteiger partial charge in [-0.3, -0.25) is 9.89 Å². The van der Waals surface area contributed by atoms with Gasteiger partial charge in [0.2, 0.25) is 0 Å². The molecule has 0 amide bonds. The lowest BCUT2D eigenvalue weighted by Crippen LogP contribution is -2.46. The fraction of sp³-hybridized carbons (Fsp3) is 0.708. The van der Waals surface area contributed by atoms with Crippen molar-refractivity contribution in [1.82, 2.24) is 15.5 Å². The van der Waals surface area contributed by atoms with Crippen molar-refractivity contribution >= 4 is 5.96 Å². The number of benzene rings is 1. The maximum atomic E-state index is 5.84. The molecule has 1 saturated heterocycles. The molecule has 0 bridgehead atoms. The second-order valence-electron chi connectivity index (χ2n) is 9.14. The smallest absolute Gasteiger partial charge is 0.191 e. The molecule has 1 saturated carbocycles. The number of morpholine rings is 1. The molecule has 0 spiro atoms. The predicted octanol–water partition coefficient (Wildman–Crippen LogP) is 3.17. The average Bonchev–Trinajstić information content (AvgIpc) is 2.69. The Kier molecular flexibility index (Phi) is 8.54. The fourth-order valence-corrected chi connectivity index (χ4v) is 4.62. The Labute approximate surface area is 182 Å². The van der Waals surface area contributed by atoms with Gasteiger partial charge in [0.15, 0.2) is 5.96 Å². The van der Waals surface area contributed by atoms with E-state index in [1.54, 1.807) is 7.11 Å². The quantitative estimate of drug-likeness (QED) is 0.478. The zero-order valence-electron chi connectivity index (χ0n) is 19.2. The van der Waals surface area contributed by atoms with Gasteiger partial charge in [0.25, 0.3) is 0 Å². The van der Waals surface area contributed by atoms with Crippen LogP contribution < -0.4 is 10.6 Å². The maximum absolute atomic E-state index is 5.84. The first-order chi connectivity index (χ1) is 14.5. The Morgan fingerprint density at radius 3 is 2.37 bits per heavy atom. The van der Waals surface area contributed by atoms with Gasteiger partial charge >= 0.3 is 0 Å². The Morgan fingerprint density at radius 2 is 1.80 bits per heavy atom. The summed E-state index contributed by atoms with van der Waals surface area (Å²) < 4.78 is 11.1. The van der Waals surface area contributed by atoms with Crippen LogP contribution in [0.4, 0.5) is 0 Å². The van der Waals surface area contributed by atoms with Gasteiger partial charge in [-0.25, -0.2) is 0 Å². The molecule has 0 aromatic heterocycles. The van der Waals surface area contributed by atoms with E-state index in [0.29, 0.717) is 17.6 Å². The molecule has 2 unspecified atom stereocenters. The molecule has 3 rings (SSSR count). The molecule has 1 aliphatic heterocycles. The van der Waals surface area contributed by atoms with E-state index in [2.05, 4.69) is 58.6 Å². The molecule has 168 valence electrons. The van der Waals surface area contributed by atoms with Crippen molar-refractivity contribution < 1.29 is 9.47 Å². The summed E-state index contributed by atoms with van der Waals surface area (Å²) in [6, 6.07) is 8.92. The van der Waals surface area contributed by atoms with Crippen molar-refractivity contribution in [1.29, 1.82) is 0 Å². The van der Waals surface area contributed by atoms with E-state index in [1.165, 1.54) is 30.4 Å². The molecule has 2 aliphatic rings. The van der Waals surface area contributed by atoms with Crippen LogP contribution in [0.25, 0.3) is 0 Å². The summed E-state index contributed by atoms with van der Waals surface area (Å²) in [5.74, 6) is 0.874. The number of ether oxygens (including phenoxy) is 2. The molecule has 0 radical (unpaired) electrons. The summed E-state index contributed by atoms with van der Waals surface area (Å²) in [5.41, 5.74) is 3.00. The van der Waals surface area contributed by atoms with Crippen molar-refractivity contribution in [3.8, 4) is 0 Å². The van der Waals surface area contributed by atoms with Crippen LogP contribution in [0, 0.1) is 5.41 Å². The van der Waals surface area contributed by atoms with Crippen LogP contribution >= 0.6 is 0 Å². The standard InChI is InChI=1S/C24H40N4O2/c1-19-15-28(16-20(2)30-19)17-22-8-6-21(7-9-22)14-26-23(25-3)27-18-24(10-5-11-24)12-13-29-4/h6-9,19-20H,5,10-18H2,1-4H3,(H2,25,26,27). The third kappa shape index (κ3) is 6.69. The minimum absolute atomic E-state index is 0.310. The largest absolute Gasteiger partial charge is 0.385 e. The number of methoxy groups -OCH3 is 1. The van der Waals surface area contributed by atoms with Crippen LogP contribution in [0.5, 0.6) is 0 Å². The normalized spacial score (nSPS) is 24.3. The van der Waals surface area contributed by atoms with E-state index in [-0.39, 0.29) is 0 Å². The Balaban J connectivity index is 1.43. The molecule has 1 aliphatic carbocycles. The van der Waals surface area contributed by atoms with Crippen LogP contribution in [0.2, 0.25) is 0 Å². The van der Waals surface area contributed by atoms with E-state index >= 15 is 0 Å². The van der Waals surface area contributed by atoms with E-state index in [4.69, 9.17) is 9.47 Å². The molecule has 1 aromatic rings. The third-order valence-electron chi connectivity index (χ3n) is 6.49. The highest BCUT2D eigenvalue weighted by Gasteiger charge is 2.36. The first-order valence-corrected chi connectivity index (χ1v) is 11.4. The minimum atomic E-state index is 0.310. The number of aliphatic imine (C=N–C) groups is 1. The predicted molar refractivity (Wildman–Crippen MR) is 123 cm³/mol. The Hall–Kier alpha value is -1.63. The number of hydrogen-bond donors (Lipinski definition) is 2. The van der Waals surface area contributed by atoms with Crippen LogP contribution in [0.3, 0.4) is 0 Å². The van der Waals surface area contributed by atoms with Crippen molar-refractivity contribution in [2.45, 2.75) is 64.8 Å². The molecule has 30 heavy (non-hydrogen) atoms. The van der Waals surface area contributed by atoms with Crippen LogP contribution in [0.15, 0.2) is 29.3 Å². The van der Waals surface area contributed by atoms with Crippen LogP contribution in [-0.4, -0.2) is 63.5 Å². The molecule has 6 nitrogen and oxygen atoms in total. The first kappa shape index (κ1) is 23.0. The summed E-state index contributed by atoms with van der Waals surface area (Å²) in [5, 5.41) is 6.99. The first-order valence-electron chi connectivity index (χ1n) is 11.4. The SMILES string of the molecule is CN=C(NCc1ccc(CN2CC(C)OC(C)C2)cc1)NCC1(CCOC)CCC1. The number of nitrogens with one attached hydrogen (secondary N) is 2. The van der Waals surface area contributed by atoms with Gasteiger partial charge in [-0.05, 0) is 49.7 Å². The summed E-state index contributed by atoms with van der Waals surface area (Å²) in [6.45, 7) is 9.87. The minimum Gasteiger partial charge on any atom is -0.385 e. The average molecular weight is 417 g/mol. The molecular formula is C24H40N4O2. The molecule has 2 atom stereocenters. The van der Waals surface area contributed by atoms with E-state index in [0.717, 1.165) is 51.7 Å². The van der Waals surface area contributed by atoms with Crippen LogP contribution in [0.1, 0.15) is 50.7 Å². The van der Waals surface area contributed by atoms with Gasteiger partial charge in [0.05, 0.1) is 12.2 Å². The Bertz CT molecular complexity index is 662. The van der Waals surface area contributed by atoms with Crippen molar-refractivity contribution in [3.05, 3.63) is 35.4 Å². The molecule has 6 heteroatoms. The van der Waals surface area contributed by atoms with Gasteiger partial charge < -0.3 is 20.1 Å². The second-order valence-corrected chi connectivity index (χ2v) is 9.14. The number of guanidine groups is 1. The number of rotatable bonds is 9. The summed E-state index contributed by atoms with van der Waals surface area (Å²) in [6.07, 6.45) is 5.63. The van der Waals surface area contributed by atoms with Gasteiger partial charge in [-0.2, -0.15) is 0 Å². The lowest BCUT2D eigenvalue weighted by atomic mass is 9.67. The molecule has 2 N–H and O–H groups in total. The van der Waals surface area contributed by atoms with Crippen LogP contribution in [-0.2, 0) is 22.6 Å². The highest BCUT2D eigenvalue weighted by molar-refractivity contribution is 5.79. The van der Waals surface area contributed by atoms with E-state index in [9.17, 15) is 0 Å². The van der Waals surface area contributed by atoms with Gasteiger partial charge in [0, 0.05) is 53.5 Å². The van der Waals surface area contributed by atoms with Gasteiger partial charge in [-0.15, -0.1) is 0 Å². The highest BCUT2D eigenvalue weighted by atomic mass is 16.5. The van der Waals surface area contributed by atoms with E-state index < -0.39 is 0 Å². The maximum Gasteiger partial charge on any atom is 0.191 e. The fourth-order valence-electron chi connectivity index (χ4n) is 4.62. The topological polar surface area (TPSA) is 58.1 Å². The van der Waals surface area contributed by atoms with Crippen molar-refractivity contribution in [2.24, 2.45) is 10.4 Å². The van der Waals surface area contributed by atoms with E-state index in [1.807, 2.05) is 7.05 Å². The number of nitrogens with zero attached hydrogens (tertiary/aromatic N) is 2. The molecule has 1 aromatic carbocycles. The summed E-state index contributed by atoms with van der Waals surface area (Å²) in [7, 11) is 3.62. The zero-order chi connectivity index (χ0) is 21.4. The monoisotopic (exact) mass is 416 g/mol. The molecule has 1 heterocycles. The number of hydrogen-bond acceptors (Lipinski definition) is 4. The zero-order valence-corrected chi connectivity index (χ0v) is 19.2. The third-order valence-corrected chi connectivity index (χ3v) is 6.49. The van der Waals surface area contributed by atoms with Crippen molar-refractivity contribution in [2.75, 3.05) is 40.4 Å². The second kappa shape index (κ2) is 11.1. The molecule has 2 fully saturated rings. The molecular weight excluding hydrogens is 376 g/mol. The lowest BCUT2D eigenvalue weighted by Gasteiger charge is -2.42. The van der Waals surface area contributed by atoms with Gasteiger partial charge in [-0.1, -0.05) is 30.7 Å². The Morgan fingerprint density at radius 1 is 1.13 bits per heavy atom. The lowest BCUT2D eigenvalue weighted by molar-refractivity contribution is -0.0704. The van der Waals surface area contributed by atoms with Crippen molar-refractivity contribution in [3.63, 3.8) is 0 Å². The summed E-state index contributed by atoms with van der Waals surface area (Å²) >= 11 is 0. The summed E-state index contributed by atoms with van der Waals surface area (Å²) in [4.78, 5) is 6.88. The van der Waals surface area contributed by atoms with Gasteiger partial charge in [0.1, 0.15) is 0 Å². The highest BCUT2D eigenvalue weighted by Crippen LogP contribution is 2.43.